The summed E-state index contributed by atoms with van der Waals surface area (Å²) in [6.07, 6.45) is 5.48. The first-order valence-corrected chi connectivity index (χ1v) is 10.1. The minimum Gasteiger partial charge on any atom is -0.372 e. The van der Waals surface area contributed by atoms with Gasteiger partial charge in [-0.15, -0.1) is 0 Å². The zero-order valence-electron chi connectivity index (χ0n) is 16.5. The zero-order chi connectivity index (χ0) is 19.3. The quantitative estimate of drug-likeness (QED) is 0.879. The maximum absolute atomic E-state index is 12.6. The van der Waals surface area contributed by atoms with Crippen LogP contribution in [0.4, 0.5) is 17.3 Å². The van der Waals surface area contributed by atoms with Gasteiger partial charge in [-0.2, -0.15) is 0 Å². The molecule has 0 spiro atoms. The highest BCUT2D eigenvalue weighted by Crippen LogP contribution is 2.22. The number of nitrogens with one attached hydrogen (secondary N) is 1. The number of nitrogens with zero attached hydrogens (tertiary/aromatic N) is 5. The summed E-state index contributed by atoms with van der Waals surface area (Å²) in [6, 6.07) is 9.75. The molecule has 0 atom stereocenters. The van der Waals surface area contributed by atoms with Crippen molar-refractivity contribution in [3.05, 3.63) is 42.2 Å². The second-order valence-corrected chi connectivity index (χ2v) is 7.58. The van der Waals surface area contributed by atoms with Crippen LogP contribution in [0.3, 0.4) is 0 Å². The topological polar surface area (TPSA) is 64.6 Å². The number of carbonyl (C=O) groups excluding carboxylic acids is 1. The molecule has 2 saturated heterocycles. The number of aromatic nitrogens is 2. The molecule has 0 radical (unpaired) electrons. The summed E-state index contributed by atoms with van der Waals surface area (Å²) < 4.78 is 0. The third-order valence-electron chi connectivity index (χ3n) is 5.51. The van der Waals surface area contributed by atoms with Gasteiger partial charge in [-0.1, -0.05) is 0 Å². The van der Waals surface area contributed by atoms with Crippen molar-refractivity contribution < 1.29 is 4.79 Å². The van der Waals surface area contributed by atoms with Gasteiger partial charge in [0.2, 0.25) is 5.95 Å². The first-order valence-electron chi connectivity index (χ1n) is 10.1. The summed E-state index contributed by atoms with van der Waals surface area (Å²) in [4.78, 5) is 28.3. The number of rotatable bonds is 4. The predicted molar refractivity (Wildman–Crippen MR) is 112 cm³/mol. The van der Waals surface area contributed by atoms with Crippen LogP contribution >= 0.6 is 0 Å². The van der Waals surface area contributed by atoms with Crippen molar-refractivity contribution in [3.63, 3.8) is 0 Å². The Bertz CT molecular complexity index is 795. The standard InChI is InChI=1S/C21H28N6O/c1-25-13-15-27(16-14-25)21-22-10-9-19(24-21)20(28)23-17-5-7-18(8-6-17)26-11-3-2-4-12-26/h5-10H,2-4,11-16H2,1H3,(H,23,28). The Morgan fingerprint density at radius 1 is 0.893 bits per heavy atom. The van der Waals surface area contributed by atoms with Crippen molar-refractivity contribution in [2.75, 3.05) is 61.4 Å². The van der Waals surface area contributed by atoms with E-state index in [1.165, 1.54) is 24.9 Å². The van der Waals surface area contributed by atoms with Crippen LogP contribution in [0.1, 0.15) is 29.8 Å². The molecule has 4 rings (SSSR count). The van der Waals surface area contributed by atoms with Crippen molar-refractivity contribution in [3.8, 4) is 0 Å². The fourth-order valence-corrected chi connectivity index (χ4v) is 3.74. The van der Waals surface area contributed by atoms with Crippen LogP contribution in [0.2, 0.25) is 0 Å². The minimum absolute atomic E-state index is 0.205. The summed E-state index contributed by atoms with van der Waals surface area (Å²) in [5.41, 5.74) is 2.40. The monoisotopic (exact) mass is 380 g/mol. The SMILES string of the molecule is CN1CCN(c2nccc(C(=O)Nc3ccc(N4CCCCC4)cc3)n2)CC1. The highest BCUT2D eigenvalue weighted by Gasteiger charge is 2.18. The number of piperidine rings is 1. The Morgan fingerprint density at radius 3 is 2.32 bits per heavy atom. The fourth-order valence-electron chi connectivity index (χ4n) is 3.74. The van der Waals surface area contributed by atoms with Crippen molar-refractivity contribution in [1.82, 2.24) is 14.9 Å². The number of carbonyl (C=O) groups is 1. The lowest BCUT2D eigenvalue weighted by atomic mass is 10.1. The van der Waals surface area contributed by atoms with Crippen LogP contribution in [0.5, 0.6) is 0 Å². The van der Waals surface area contributed by atoms with Gasteiger partial charge in [0.05, 0.1) is 0 Å². The van der Waals surface area contributed by atoms with Crippen LogP contribution in [0.25, 0.3) is 0 Å². The van der Waals surface area contributed by atoms with Gasteiger partial charge < -0.3 is 20.0 Å². The number of likely N-dealkylation sites (N-methyl/N-ethyl adjacent to an activating group) is 1. The van der Waals surface area contributed by atoms with E-state index in [2.05, 4.69) is 49.2 Å². The first-order chi connectivity index (χ1) is 13.7. The van der Waals surface area contributed by atoms with Crippen LogP contribution in [0, 0.1) is 0 Å². The Balaban J connectivity index is 1.40. The van der Waals surface area contributed by atoms with Gasteiger partial charge in [0.1, 0.15) is 5.69 Å². The highest BCUT2D eigenvalue weighted by atomic mass is 16.1. The van der Waals surface area contributed by atoms with Crippen molar-refractivity contribution in [2.45, 2.75) is 19.3 Å². The fraction of sp³-hybridized carbons (Fsp3) is 0.476. The molecule has 1 aromatic heterocycles. The summed E-state index contributed by atoms with van der Waals surface area (Å²) in [7, 11) is 2.11. The zero-order valence-corrected chi connectivity index (χ0v) is 16.5. The van der Waals surface area contributed by atoms with Crippen molar-refractivity contribution in [2.24, 2.45) is 0 Å². The van der Waals surface area contributed by atoms with Gasteiger partial charge in [0.15, 0.2) is 0 Å². The molecule has 7 heteroatoms. The van der Waals surface area contributed by atoms with Gasteiger partial charge >= 0.3 is 0 Å². The number of amides is 1. The molecule has 0 unspecified atom stereocenters. The molecule has 148 valence electrons. The second-order valence-electron chi connectivity index (χ2n) is 7.58. The molecule has 2 aliphatic rings. The average molecular weight is 380 g/mol. The lowest BCUT2D eigenvalue weighted by Gasteiger charge is -2.32. The Labute approximate surface area is 166 Å². The third kappa shape index (κ3) is 4.42. The van der Waals surface area contributed by atoms with Gasteiger partial charge in [0, 0.05) is 56.8 Å². The van der Waals surface area contributed by atoms with Gasteiger partial charge in [0.25, 0.3) is 5.91 Å². The predicted octanol–water partition coefficient (Wildman–Crippen LogP) is 2.47. The number of benzene rings is 1. The number of hydrogen-bond donors (Lipinski definition) is 1. The molecule has 0 bridgehead atoms. The summed E-state index contributed by atoms with van der Waals surface area (Å²) in [5, 5.41) is 2.95. The smallest absolute Gasteiger partial charge is 0.274 e. The summed E-state index contributed by atoms with van der Waals surface area (Å²) in [6.45, 7) is 5.93. The largest absolute Gasteiger partial charge is 0.372 e. The molecule has 3 heterocycles. The maximum atomic E-state index is 12.6. The maximum Gasteiger partial charge on any atom is 0.274 e. The summed E-state index contributed by atoms with van der Waals surface area (Å²) in [5.74, 6) is 0.421. The first kappa shape index (κ1) is 18.7. The molecule has 0 saturated carbocycles. The van der Waals surface area contributed by atoms with E-state index in [1.54, 1.807) is 12.3 Å². The molecular weight excluding hydrogens is 352 g/mol. The van der Waals surface area contributed by atoms with E-state index in [9.17, 15) is 4.79 Å². The van der Waals surface area contributed by atoms with Gasteiger partial charge in [-0.05, 0) is 56.6 Å². The van der Waals surface area contributed by atoms with Crippen molar-refractivity contribution in [1.29, 1.82) is 0 Å². The molecule has 28 heavy (non-hydrogen) atoms. The van der Waals surface area contributed by atoms with Crippen LogP contribution in [-0.2, 0) is 0 Å². The molecule has 7 nitrogen and oxygen atoms in total. The third-order valence-corrected chi connectivity index (χ3v) is 5.51. The number of piperazine rings is 1. The Hall–Kier alpha value is -2.67. The van der Waals surface area contributed by atoms with E-state index < -0.39 is 0 Å². The molecule has 2 aromatic rings. The lowest BCUT2D eigenvalue weighted by molar-refractivity contribution is 0.102. The number of anilines is 3. The number of hydrogen-bond acceptors (Lipinski definition) is 6. The average Bonchev–Trinajstić information content (AvgIpc) is 2.75. The van der Waals surface area contributed by atoms with E-state index in [4.69, 9.17) is 0 Å². The van der Waals surface area contributed by atoms with E-state index in [0.717, 1.165) is 45.0 Å². The molecule has 1 N–H and O–H groups in total. The van der Waals surface area contributed by atoms with Crippen LogP contribution in [0.15, 0.2) is 36.5 Å². The van der Waals surface area contributed by atoms with Crippen molar-refractivity contribution >= 4 is 23.2 Å². The highest BCUT2D eigenvalue weighted by molar-refractivity contribution is 6.03. The van der Waals surface area contributed by atoms with E-state index in [0.29, 0.717) is 11.6 Å². The Morgan fingerprint density at radius 2 is 1.61 bits per heavy atom. The van der Waals surface area contributed by atoms with Gasteiger partial charge in [-0.25, -0.2) is 9.97 Å². The molecule has 0 aliphatic carbocycles. The van der Waals surface area contributed by atoms with E-state index in [-0.39, 0.29) is 5.91 Å². The molecular formula is C21H28N6O. The van der Waals surface area contributed by atoms with Gasteiger partial charge in [-0.3, -0.25) is 4.79 Å². The molecule has 2 aliphatic heterocycles. The Kier molecular flexibility index (Phi) is 5.71. The molecule has 2 fully saturated rings. The van der Waals surface area contributed by atoms with E-state index in [1.807, 2.05) is 12.1 Å². The normalized spacial score (nSPS) is 18.2. The molecule has 1 amide bonds. The minimum atomic E-state index is -0.205. The summed E-state index contributed by atoms with van der Waals surface area (Å²) >= 11 is 0. The molecule has 1 aromatic carbocycles. The van der Waals surface area contributed by atoms with Crippen LogP contribution < -0.4 is 15.1 Å². The van der Waals surface area contributed by atoms with E-state index >= 15 is 0 Å². The lowest BCUT2D eigenvalue weighted by Crippen LogP contribution is -2.45. The van der Waals surface area contributed by atoms with Crippen LogP contribution in [-0.4, -0.2) is 67.1 Å². The second kappa shape index (κ2) is 8.56.